The molecule has 2 atom stereocenters. The van der Waals surface area contributed by atoms with Crippen LogP contribution in [0, 0.1) is 10.1 Å². The lowest BCUT2D eigenvalue weighted by Crippen LogP contribution is -2.15. The molecule has 0 radical (unpaired) electrons. The summed E-state index contributed by atoms with van der Waals surface area (Å²) < 4.78 is 5.41. The van der Waals surface area contributed by atoms with Gasteiger partial charge in [-0.25, -0.2) is 0 Å². The number of hydrogen-bond acceptors (Lipinski definition) is 5. The fourth-order valence-corrected chi connectivity index (χ4v) is 2.45. The number of aliphatic hydroxyl groups is 1. The van der Waals surface area contributed by atoms with E-state index in [4.69, 9.17) is 4.74 Å². The standard InChI is InChI=1S/C13H19NO4S/c1-4-8-18-11-6-5-7-12(13(11)14(16)17)19-10(3)9(2)15/h5-7,9-10,15H,4,8H2,1-3H3. The summed E-state index contributed by atoms with van der Waals surface area (Å²) in [6.07, 6.45) is 0.253. The second-order valence-electron chi connectivity index (χ2n) is 4.27. The van der Waals surface area contributed by atoms with Crippen LogP contribution in [0.1, 0.15) is 27.2 Å². The number of thioether (sulfide) groups is 1. The van der Waals surface area contributed by atoms with Gasteiger partial charge in [0.1, 0.15) is 0 Å². The first kappa shape index (κ1) is 15.8. The van der Waals surface area contributed by atoms with Crippen LogP contribution < -0.4 is 4.74 Å². The fourth-order valence-electron chi connectivity index (χ4n) is 1.40. The van der Waals surface area contributed by atoms with Gasteiger partial charge in [-0.2, -0.15) is 0 Å². The molecule has 1 N–H and O–H groups in total. The highest BCUT2D eigenvalue weighted by Crippen LogP contribution is 2.39. The summed E-state index contributed by atoms with van der Waals surface area (Å²) in [6.45, 7) is 5.89. The van der Waals surface area contributed by atoms with E-state index in [1.165, 1.54) is 11.8 Å². The van der Waals surface area contributed by atoms with Gasteiger partial charge in [0.15, 0.2) is 5.75 Å². The Kier molecular flexibility index (Phi) is 6.11. The summed E-state index contributed by atoms with van der Waals surface area (Å²) in [5, 5.41) is 20.6. The zero-order valence-corrected chi connectivity index (χ0v) is 12.1. The number of rotatable bonds is 7. The molecular weight excluding hydrogens is 266 g/mol. The van der Waals surface area contributed by atoms with Crippen molar-refractivity contribution in [3.63, 3.8) is 0 Å². The van der Waals surface area contributed by atoms with Crippen LogP contribution in [0.25, 0.3) is 0 Å². The maximum absolute atomic E-state index is 11.2. The maximum Gasteiger partial charge on any atom is 0.324 e. The Morgan fingerprint density at radius 2 is 2.16 bits per heavy atom. The van der Waals surface area contributed by atoms with Crippen LogP contribution in [-0.4, -0.2) is 28.0 Å². The zero-order valence-electron chi connectivity index (χ0n) is 11.3. The number of benzene rings is 1. The van der Waals surface area contributed by atoms with Crippen molar-refractivity contribution in [1.82, 2.24) is 0 Å². The average molecular weight is 285 g/mol. The van der Waals surface area contributed by atoms with E-state index < -0.39 is 11.0 Å². The molecule has 1 rings (SSSR count). The molecular formula is C13H19NO4S. The molecule has 1 aromatic rings. The molecule has 0 heterocycles. The molecule has 106 valence electrons. The molecule has 0 aromatic heterocycles. The summed E-state index contributed by atoms with van der Waals surface area (Å²) in [4.78, 5) is 11.3. The molecule has 19 heavy (non-hydrogen) atoms. The van der Waals surface area contributed by atoms with Gasteiger partial charge in [-0.15, -0.1) is 11.8 Å². The van der Waals surface area contributed by atoms with E-state index in [0.29, 0.717) is 11.5 Å². The van der Waals surface area contributed by atoms with Crippen molar-refractivity contribution < 1.29 is 14.8 Å². The highest BCUT2D eigenvalue weighted by Gasteiger charge is 2.23. The molecule has 0 aliphatic rings. The zero-order chi connectivity index (χ0) is 14.4. The monoisotopic (exact) mass is 285 g/mol. The van der Waals surface area contributed by atoms with E-state index >= 15 is 0 Å². The van der Waals surface area contributed by atoms with Crippen molar-refractivity contribution in [3.05, 3.63) is 28.3 Å². The van der Waals surface area contributed by atoms with E-state index in [1.807, 2.05) is 13.8 Å². The lowest BCUT2D eigenvalue weighted by Gasteiger charge is -2.15. The van der Waals surface area contributed by atoms with Gasteiger partial charge in [0.25, 0.3) is 0 Å². The Hall–Kier alpha value is -1.27. The normalized spacial score (nSPS) is 13.9. The highest BCUT2D eigenvalue weighted by atomic mass is 32.2. The third-order valence-corrected chi connectivity index (χ3v) is 3.95. The van der Waals surface area contributed by atoms with Crippen molar-refractivity contribution in [2.24, 2.45) is 0 Å². The van der Waals surface area contributed by atoms with Crippen molar-refractivity contribution in [1.29, 1.82) is 0 Å². The fraction of sp³-hybridized carbons (Fsp3) is 0.538. The predicted molar refractivity (Wildman–Crippen MR) is 75.9 cm³/mol. The van der Waals surface area contributed by atoms with Crippen molar-refractivity contribution in [3.8, 4) is 5.75 Å². The van der Waals surface area contributed by atoms with Gasteiger partial charge in [0, 0.05) is 5.25 Å². The first-order valence-electron chi connectivity index (χ1n) is 6.22. The number of ether oxygens (including phenoxy) is 1. The molecule has 1 aromatic carbocycles. The molecule has 6 heteroatoms. The molecule has 2 unspecified atom stereocenters. The number of para-hydroxylation sites is 1. The Labute approximate surface area is 117 Å². The van der Waals surface area contributed by atoms with Crippen LogP contribution in [0.2, 0.25) is 0 Å². The summed E-state index contributed by atoms with van der Waals surface area (Å²) in [7, 11) is 0. The van der Waals surface area contributed by atoms with Crippen LogP contribution in [0.4, 0.5) is 5.69 Å². The Balaban J connectivity index is 3.06. The van der Waals surface area contributed by atoms with Gasteiger partial charge in [-0.3, -0.25) is 10.1 Å². The molecule has 0 fully saturated rings. The van der Waals surface area contributed by atoms with E-state index in [9.17, 15) is 15.2 Å². The van der Waals surface area contributed by atoms with E-state index in [2.05, 4.69) is 0 Å². The average Bonchev–Trinajstić information content (AvgIpc) is 2.35. The van der Waals surface area contributed by atoms with Crippen LogP contribution in [0.3, 0.4) is 0 Å². The van der Waals surface area contributed by atoms with Crippen molar-refractivity contribution >= 4 is 17.4 Å². The quantitative estimate of drug-likeness (QED) is 0.473. The predicted octanol–water partition coefficient (Wildman–Crippen LogP) is 3.25. The largest absolute Gasteiger partial charge is 0.487 e. The number of nitrogens with zero attached hydrogens (tertiary/aromatic N) is 1. The lowest BCUT2D eigenvalue weighted by molar-refractivity contribution is -0.388. The van der Waals surface area contributed by atoms with Crippen molar-refractivity contribution in [2.75, 3.05) is 6.61 Å². The Bertz CT molecular complexity index is 437. The second kappa shape index (κ2) is 7.35. The smallest absolute Gasteiger partial charge is 0.324 e. The van der Waals surface area contributed by atoms with Crippen LogP contribution in [0.5, 0.6) is 5.75 Å². The van der Waals surface area contributed by atoms with Gasteiger partial charge in [-0.1, -0.05) is 19.9 Å². The molecule has 0 bridgehead atoms. The molecule has 0 saturated carbocycles. The minimum absolute atomic E-state index is 0.0200. The lowest BCUT2D eigenvalue weighted by atomic mass is 10.3. The van der Waals surface area contributed by atoms with E-state index in [0.717, 1.165) is 6.42 Å². The molecule has 0 aliphatic heterocycles. The SMILES string of the molecule is CCCOc1cccc(SC(C)C(C)O)c1[N+](=O)[O-]. The molecule has 0 spiro atoms. The van der Waals surface area contributed by atoms with Crippen LogP contribution in [0.15, 0.2) is 23.1 Å². The minimum Gasteiger partial charge on any atom is -0.487 e. The molecule has 0 amide bonds. The molecule has 0 aliphatic carbocycles. The first-order chi connectivity index (χ1) is 8.97. The number of nitro benzene ring substituents is 1. The van der Waals surface area contributed by atoms with Gasteiger partial charge in [0.2, 0.25) is 0 Å². The van der Waals surface area contributed by atoms with E-state index in [-0.39, 0.29) is 16.7 Å². The number of aliphatic hydroxyl groups excluding tert-OH is 1. The van der Waals surface area contributed by atoms with Crippen LogP contribution in [-0.2, 0) is 0 Å². The van der Waals surface area contributed by atoms with Crippen molar-refractivity contribution in [2.45, 2.75) is 43.4 Å². The molecule has 5 nitrogen and oxygen atoms in total. The Morgan fingerprint density at radius 1 is 1.47 bits per heavy atom. The third-order valence-electron chi connectivity index (χ3n) is 2.60. The van der Waals surface area contributed by atoms with Gasteiger partial charge in [-0.05, 0) is 25.5 Å². The van der Waals surface area contributed by atoms with Crippen LogP contribution >= 0.6 is 11.8 Å². The van der Waals surface area contributed by atoms with E-state index in [1.54, 1.807) is 25.1 Å². The Morgan fingerprint density at radius 3 is 2.68 bits per heavy atom. The second-order valence-corrected chi connectivity index (χ2v) is 5.69. The number of hydrogen-bond donors (Lipinski definition) is 1. The van der Waals surface area contributed by atoms with Gasteiger partial charge in [0.05, 0.1) is 22.5 Å². The maximum atomic E-state index is 11.2. The summed E-state index contributed by atoms with van der Waals surface area (Å²) in [5.41, 5.74) is -0.0200. The first-order valence-corrected chi connectivity index (χ1v) is 7.10. The van der Waals surface area contributed by atoms with Gasteiger partial charge >= 0.3 is 5.69 Å². The summed E-state index contributed by atoms with van der Waals surface area (Å²) >= 11 is 1.28. The van der Waals surface area contributed by atoms with Gasteiger partial charge < -0.3 is 9.84 Å². The summed E-state index contributed by atoms with van der Waals surface area (Å²) in [6, 6.07) is 5.01. The minimum atomic E-state index is -0.537. The number of nitro groups is 1. The highest BCUT2D eigenvalue weighted by molar-refractivity contribution is 8.00. The topological polar surface area (TPSA) is 72.6 Å². The third kappa shape index (κ3) is 4.40. The molecule has 0 saturated heterocycles. The summed E-state index contributed by atoms with van der Waals surface area (Å²) in [5.74, 6) is 0.287.